The summed E-state index contributed by atoms with van der Waals surface area (Å²) in [7, 11) is 1.57. The minimum atomic E-state index is -0.314. The van der Waals surface area contributed by atoms with E-state index in [9.17, 15) is 4.79 Å². The van der Waals surface area contributed by atoms with E-state index < -0.39 is 0 Å². The van der Waals surface area contributed by atoms with Crippen LogP contribution < -0.4 is 9.64 Å². The van der Waals surface area contributed by atoms with Gasteiger partial charge in [0.15, 0.2) is 0 Å². The topological polar surface area (TPSA) is 42.4 Å². The van der Waals surface area contributed by atoms with E-state index in [1.54, 1.807) is 18.1 Å². The van der Waals surface area contributed by atoms with Crippen LogP contribution in [0.15, 0.2) is 42.5 Å². The number of hydrogen-bond donors (Lipinski definition) is 1. The minimum Gasteiger partial charge on any atom is -0.481 e. The molecule has 1 aromatic heterocycles. The lowest BCUT2D eigenvalue weighted by Crippen LogP contribution is -2.29. The predicted octanol–water partition coefficient (Wildman–Crippen LogP) is 4.44. The van der Waals surface area contributed by atoms with Crippen molar-refractivity contribution in [3.05, 3.63) is 53.7 Å². The highest BCUT2D eigenvalue weighted by atomic mass is 32.1. The third kappa shape index (κ3) is 4.26. The summed E-state index contributed by atoms with van der Waals surface area (Å²) in [5.41, 5.74) is 2.60. The molecule has 0 radical (unpaired) electrons. The number of benzene rings is 1. The fraction of sp³-hybridized carbons (Fsp3) is 0.333. The van der Waals surface area contributed by atoms with Crippen molar-refractivity contribution in [1.82, 2.24) is 4.98 Å². The zero-order valence-corrected chi connectivity index (χ0v) is 14.8. The molecular formula is C18H22N2O2S. The van der Waals surface area contributed by atoms with E-state index >= 15 is 0 Å². The van der Waals surface area contributed by atoms with Crippen LogP contribution in [0, 0.1) is 0 Å². The Morgan fingerprint density at radius 2 is 1.87 bits per heavy atom. The second kappa shape index (κ2) is 7.04. The van der Waals surface area contributed by atoms with Crippen LogP contribution in [-0.4, -0.2) is 17.3 Å². The monoisotopic (exact) mass is 330 g/mol. The van der Waals surface area contributed by atoms with Crippen LogP contribution in [0.3, 0.4) is 0 Å². The summed E-state index contributed by atoms with van der Waals surface area (Å²) in [5, 5.41) is -0.314. The van der Waals surface area contributed by atoms with Crippen LogP contribution in [-0.2, 0) is 12.0 Å². The molecule has 0 spiro atoms. The fourth-order valence-corrected chi connectivity index (χ4v) is 2.60. The van der Waals surface area contributed by atoms with E-state index in [0.717, 1.165) is 16.9 Å². The van der Waals surface area contributed by atoms with Crippen molar-refractivity contribution in [1.29, 1.82) is 0 Å². The molecular weight excluding hydrogens is 308 g/mol. The third-order valence-corrected chi connectivity index (χ3v) is 3.79. The number of hydrogen-bond acceptors (Lipinski definition) is 3. The highest BCUT2D eigenvalue weighted by molar-refractivity contribution is 7.96. The molecule has 4 nitrogen and oxygen atoms in total. The predicted molar refractivity (Wildman–Crippen MR) is 96.5 cm³/mol. The Hall–Kier alpha value is -2.01. The fourth-order valence-electron chi connectivity index (χ4n) is 2.42. The van der Waals surface area contributed by atoms with Crippen molar-refractivity contribution in [2.75, 3.05) is 12.0 Å². The molecule has 1 heterocycles. The number of rotatable bonds is 4. The summed E-state index contributed by atoms with van der Waals surface area (Å²) in [6.07, 6.45) is 0. The van der Waals surface area contributed by atoms with Crippen molar-refractivity contribution in [2.45, 2.75) is 32.7 Å². The van der Waals surface area contributed by atoms with Gasteiger partial charge < -0.3 is 4.74 Å². The van der Waals surface area contributed by atoms with Crippen LogP contribution in [0.2, 0.25) is 0 Å². The summed E-state index contributed by atoms with van der Waals surface area (Å²) in [4.78, 5) is 18.1. The van der Waals surface area contributed by atoms with Gasteiger partial charge in [0, 0.05) is 11.8 Å². The van der Waals surface area contributed by atoms with Gasteiger partial charge >= 0.3 is 0 Å². The number of carbonyl (C=O) groups excluding carboxylic acids is 1. The molecule has 0 fully saturated rings. The van der Waals surface area contributed by atoms with Crippen LogP contribution in [0.25, 0.3) is 0 Å². The Bertz CT molecular complexity index is 695. The molecule has 0 bridgehead atoms. The molecule has 0 saturated carbocycles. The Morgan fingerprint density at radius 1 is 1.17 bits per heavy atom. The van der Waals surface area contributed by atoms with E-state index in [4.69, 9.17) is 4.74 Å². The molecule has 5 heteroatoms. The molecule has 122 valence electrons. The first-order valence-corrected chi connectivity index (χ1v) is 7.87. The van der Waals surface area contributed by atoms with Crippen LogP contribution >= 0.6 is 12.6 Å². The molecule has 23 heavy (non-hydrogen) atoms. The Labute approximate surface area is 142 Å². The number of anilines is 1. The van der Waals surface area contributed by atoms with Crippen molar-refractivity contribution in [3.8, 4) is 5.88 Å². The average Bonchev–Trinajstić information content (AvgIpc) is 2.51. The Kier molecular flexibility index (Phi) is 5.31. The first-order valence-electron chi connectivity index (χ1n) is 7.43. The molecule has 0 unspecified atom stereocenters. The van der Waals surface area contributed by atoms with Crippen molar-refractivity contribution >= 4 is 23.6 Å². The van der Waals surface area contributed by atoms with Gasteiger partial charge in [0.2, 0.25) is 5.88 Å². The molecule has 2 aromatic rings. The number of methoxy groups -OCH3 is 1. The van der Waals surface area contributed by atoms with Gasteiger partial charge in [-0.15, -0.1) is 0 Å². The van der Waals surface area contributed by atoms with Gasteiger partial charge in [-0.05, 0) is 23.1 Å². The molecule has 2 rings (SSSR count). The third-order valence-electron chi connectivity index (χ3n) is 3.54. The van der Waals surface area contributed by atoms with Crippen molar-refractivity contribution in [2.24, 2.45) is 0 Å². The standard InChI is InChI=1S/C18H22N2O2S/c1-18(2,3)14-9-5-6-10-15(14)20(17(21)23)12-13-8-7-11-16(19-13)22-4/h5-11H,12H2,1-4H3,(H,21,23). The van der Waals surface area contributed by atoms with Gasteiger partial charge in [0.25, 0.3) is 5.24 Å². The number of pyridine rings is 1. The number of carbonyl (C=O) groups is 1. The lowest BCUT2D eigenvalue weighted by Gasteiger charge is -2.29. The van der Waals surface area contributed by atoms with Gasteiger partial charge in [0.1, 0.15) is 0 Å². The average molecular weight is 330 g/mol. The van der Waals surface area contributed by atoms with Gasteiger partial charge in [-0.1, -0.05) is 57.7 Å². The van der Waals surface area contributed by atoms with Crippen molar-refractivity contribution < 1.29 is 9.53 Å². The summed E-state index contributed by atoms with van der Waals surface area (Å²) in [6, 6.07) is 13.4. The highest BCUT2D eigenvalue weighted by Gasteiger charge is 2.23. The lowest BCUT2D eigenvalue weighted by molar-refractivity contribution is 0.265. The van der Waals surface area contributed by atoms with E-state index in [1.807, 2.05) is 36.4 Å². The van der Waals surface area contributed by atoms with Gasteiger partial charge in [-0.25, -0.2) is 4.98 Å². The highest BCUT2D eigenvalue weighted by Crippen LogP contribution is 2.33. The normalized spacial score (nSPS) is 11.2. The number of para-hydroxylation sites is 1. The zero-order valence-electron chi connectivity index (χ0n) is 13.9. The van der Waals surface area contributed by atoms with E-state index in [2.05, 4.69) is 38.4 Å². The molecule has 0 aliphatic carbocycles. The summed E-state index contributed by atoms with van der Waals surface area (Å²) in [5.74, 6) is 0.526. The van der Waals surface area contributed by atoms with Gasteiger partial charge in [-0.3, -0.25) is 9.69 Å². The largest absolute Gasteiger partial charge is 0.481 e. The van der Waals surface area contributed by atoms with Crippen LogP contribution in [0.5, 0.6) is 5.88 Å². The molecule has 0 aliphatic rings. The Balaban J connectivity index is 2.42. The molecule has 0 atom stereocenters. The number of nitrogens with zero attached hydrogens (tertiary/aromatic N) is 2. The summed E-state index contributed by atoms with van der Waals surface area (Å²) < 4.78 is 5.15. The number of amides is 1. The number of thiol groups is 1. The van der Waals surface area contributed by atoms with Gasteiger partial charge in [-0.2, -0.15) is 0 Å². The van der Waals surface area contributed by atoms with Crippen molar-refractivity contribution in [3.63, 3.8) is 0 Å². The molecule has 1 aromatic carbocycles. The summed E-state index contributed by atoms with van der Waals surface area (Å²) in [6.45, 7) is 6.71. The maximum atomic E-state index is 12.1. The van der Waals surface area contributed by atoms with Gasteiger partial charge in [0.05, 0.1) is 19.3 Å². The Morgan fingerprint density at radius 3 is 2.48 bits per heavy atom. The second-order valence-electron chi connectivity index (χ2n) is 6.31. The zero-order chi connectivity index (χ0) is 17.0. The van der Waals surface area contributed by atoms with E-state index in [0.29, 0.717) is 12.4 Å². The van der Waals surface area contributed by atoms with Crippen LogP contribution in [0.4, 0.5) is 10.5 Å². The molecule has 0 N–H and O–H groups in total. The SMILES string of the molecule is COc1cccc(CN(C(=O)S)c2ccccc2C(C)(C)C)n1. The minimum absolute atomic E-state index is 0.0835. The number of aromatic nitrogens is 1. The maximum absolute atomic E-state index is 12.1. The summed E-state index contributed by atoms with van der Waals surface area (Å²) >= 11 is 4.05. The van der Waals surface area contributed by atoms with Crippen LogP contribution in [0.1, 0.15) is 32.0 Å². The number of ether oxygens (including phenoxy) is 1. The quantitative estimate of drug-likeness (QED) is 0.843. The second-order valence-corrected chi connectivity index (χ2v) is 6.69. The van der Waals surface area contributed by atoms with E-state index in [-0.39, 0.29) is 10.7 Å². The van der Waals surface area contributed by atoms with E-state index in [1.165, 1.54) is 0 Å². The smallest absolute Gasteiger partial charge is 0.283 e. The lowest BCUT2D eigenvalue weighted by atomic mass is 9.85. The molecule has 0 aliphatic heterocycles. The maximum Gasteiger partial charge on any atom is 0.283 e. The molecule has 1 amide bonds. The first kappa shape index (κ1) is 17.3. The first-order chi connectivity index (χ1) is 10.8. The molecule has 0 saturated heterocycles.